The van der Waals surface area contributed by atoms with E-state index in [9.17, 15) is 9.90 Å². The topological polar surface area (TPSA) is 81.8 Å². The minimum Gasteiger partial charge on any atom is -0.497 e. The zero-order valence-electron chi connectivity index (χ0n) is 9.92. The second kappa shape index (κ2) is 6.22. The zero-order valence-corrected chi connectivity index (χ0v) is 9.92. The van der Waals surface area contributed by atoms with E-state index in [1.165, 1.54) is 0 Å². The number of esters is 1. The van der Waals surface area contributed by atoms with Crippen LogP contribution in [-0.4, -0.2) is 30.8 Å². The van der Waals surface area contributed by atoms with E-state index in [0.29, 0.717) is 11.3 Å². The van der Waals surface area contributed by atoms with Gasteiger partial charge in [0.25, 0.3) is 0 Å². The first-order valence-electron chi connectivity index (χ1n) is 5.34. The molecule has 0 unspecified atom stereocenters. The second-order valence-electron chi connectivity index (χ2n) is 3.50. The van der Waals surface area contributed by atoms with E-state index in [4.69, 9.17) is 15.2 Å². The minimum atomic E-state index is -1.08. The number of rotatable bonds is 5. The summed E-state index contributed by atoms with van der Waals surface area (Å²) in [6.07, 6.45) is -1.08. The summed E-state index contributed by atoms with van der Waals surface area (Å²) >= 11 is 0. The summed E-state index contributed by atoms with van der Waals surface area (Å²) in [7, 11) is 1.55. The fourth-order valence-electron chi connectivity index (χ4n) is 1.38. The molecule has 0 amide bonds. The number of carbonyl (C=O) groups is 1. The monoisotopic (exact) mass is 239 g/mol. The molecular weight excluding hydrogens is 222 g/mol. The van der Waals surface area contributed by atoms with Crippen molar-refractivity contribution in [3.8, 4) is 5.75 Å². The Labute approximate surface area is 100 Å². The van der Waals surface area contributed by atoms with Gasteiger partial charge in [-0.05, 0) is 24.6 Å². The Morgan fingerprint density at radius 1 is 1.41 bits per heavy atom. The highest BCUT2D eigenvalue weighted by Crippen LogP contribution is 2.19. The lowest BCUT2D eigenvalue weighted by molar-refractivity contribution is -0.147. The summed E-state index contributed by atoms with van der Waals surface area (Å²) in [5.41, 5.74) is 6.14. The summed E-state index contributed by atoms with van der Waals surface area (Å²) in [5.74, 6) is 0.0569. The predicted molar refractivity (Wildman–Crippen MR) is 62.6 cm³/mol. The fourth-order valence-corrected chi connectivity index (χ4v) is 1.38. The number of hydrogen-bond donors (Lipinski definition) is 2. The maximum absolute atomic E-state index is 11.3. The number of nitrogens with two attached hydrogens (primary N) is 1. The Balaban J connectivity index is 2.73. The molecule has 1 rings (SSSR count). The quantitative estimate of drug-likeness (QED) is 0.736. The number of hydrogen-bond acceptors (Lipinski definition) is 5. The standard InChI is InChI=1S/C12H17NO4/c1-3-17-12(15)10(13)11(14)8-4-6-9(16-2)7-5-8/h4-7,10-11,14H,3,13H2,1-2H3/t10-,11-/m1/s1. The number of aliphatic hydroxyl groups is 1. The van der Waals surface area contributed by atoms with Gasteiger partial charge in [-0.2, -0.15) is 0 Å². The third-order valence-corrected chi connectivity index (χ3v) is 2.36. The van der Waals surface area contributed by atoms with Gasteiger partial charge in [-0.3, -0.25) is 4.79 Å². The molecule has 0 radical (unpaired) electrons. The third-order valence-electron chi connectivity index (χ3n) is 2.36. The average molecular weight is 239 g/mol. The van der Waals surface area contributed by atoms with E-state index >= 15 is 0 Å². The van der Waals surface area contributed by atoms with Gasteiger partial charge in [0.1, 0.15) is 17.9 Å². The molecule has 17 heavy (non-hydrogen) atoms. The lowest BCUT2D eigenvalue weighted by atomic mass is 10.0. The summed E-state index contributed by atoms with van der Waals surface area (Å²) in [6.45, 7) is 1.92. The van der Waals surface area contributed by atoms with Crippen LogP contribution in [0.3, 0.4) is 0 Å². The van der Waals surface area contributed by atoms with E-state index in [1.54, 1.807) is 38.3 Å². The number of aliphatic hydroxyl groups excluding tert-OH is 1. The third kappa shape index (κ3) is 3.44. The molecule has 2 atom stereocenters. The van der Waals surface area contributed by atoms with Gasteiger partial charge in [-0.1, -0.05) is 12.1 Å². The van der Waals surface area contributed by atoms with Gasteiger partial charge >= 0.3 is 5.97 Å². The number of benzene rings is 1. The SMILES string of the molecule is CCOC(=O)[C@H](N)[C@H](O)c1ccc(OC)cc1. The summed E-state index contributed by atoms with van der Waals surface area (Å²) < 4.78 is 9.73. The van der Waals surface area contributed by atoms with Crippen LogP contribution in [0.2, 0.25) is 0 Å². The molecule has 0 aliphatic carbocycles. The molecule has 5 nitrogen and oxygen atoms in total. The van der Waals surface area contributed by atoms with Crippen molar-refractivity contribution in [3.05, 3.63) is 29.8 Å². The molecule has 0 aliphatic rings. The van der Waals surface area contributed by atoms with Crippen LogP contribution in [0.1, 0.15) is 18.6 Å². The zero-order chi connectivity index (χ0) is 12.8. The Morgan fingerprint density at radius 3 is 2.47 bits per heavy atom. The van der Waals surface area contributed by atoms with Gasteiger partial charge < -0.3 is 20.3 Å². The molecule has 1 aromatic rings. The largest absolute Gasteiger partial charge is 0.497 e. The van der Waals surface area contributed by atoms with Crippen LogP contribution in [0.25, 0.3) is 0 Å². The Bertz CT molecular complexity index is 363. The van der Waals surface area contributed by atoms with Gasteiger partial charge in [0.05, 0.1) is 13.7 Å². The van der Waals surface area contributed by atoms with Crippen LogP contribution >= 0.6 is 0 Å². The minimum absolute atomic E-state index is 0.238. The summed E-state index contributed by atoms with van der Waals surface area (Å²) in [6, 6.07) is 5.61. The normalized spacial score (nSPS) is 13.9. The average Bonchev–Trinajstić information content (AvgIpc) is 2.37. The molecule has 0 aliphatic heterocycles. The van der Waals surface area contributed by atoms with Crippen molar-refractivity contribution in [2.75, 3.05) is 13.7 Å². The van der Waals surface area contributed by atoms with Crippen molar-refractivity contribution in [2.24, 2.45) is 5.73 Å². The van der Waals surface area contributed by atoms with E-state index in [-0.39, 0.29) is 6.61 Å². The first-order chi connectivity index (χ1) is 8.10. The Hall–Kier alpha value is -1.59. The summed E-state index contributed by atoms with van der Waals surface area (Å²) in [5, 5.41) is 9.88. The Kier molecular flexibility index (Phi) is 4.93. The molecule has 94 valence electrons. The molecule has 3 N–H and O–H groups in total. The lowest BCUT2D eigenvalue weighted by Gasteiger charge is -2.17. The van der Waals surface area contributed by atoms with Crippen molar-refractivity contribution in [2.45, 2.75) is 19.1 Å². The van der Waals surface area contributed by atoms with E-state index in [0.717, 1.165) is 0 Å². The Morgan fingerprint density at radius 2 is 2.00 bits per heavy atom. The maximum Gasteiger partial charge on any atom is 0.325 e. The molecule has 0 bridgehead atoms. The predicted octanol–water partition coefficient (Wildman–Crippen LogP) is 0.619. The smallest absolute Gasteiger partial charge is 0.325 e. The highest BCUT2D eigenvalue weighted by atomic mass is 16.5. The van der Waals surface area contributed by atoms with Crippen molar-refractivity contribution < 1.29 is 19.4 Å². The molecule has 5 heteroatoms. The molecule has 0 spiro atoms. The van der Waals surface area contributed by atoms with Crippen LogP contribution in [0.5, 0.6) is 5.75 Å². The molecule has 0 heterocycles. The van der Waals surface area contributed by atoms with Crippen molar-refractivity contribution in [3.63, 3.8) is 0 Å². The molecule has 0 fully saturated rings. The number of carbonyl (C=O) groups excluding carboxylic acids is 1. The molecule has 0 aromatic heterocycles. The first kappa shape index (κ1) is 13.5. The highest BCUT2D eigenvalue weighted by Gasteiger charge is 2.25. The van der Waals surface area contributed by atoms with Gasteiger partial charge in [0.15, 0.2) is 0 Å². The molecule has 0 saturated heterocycles. The van der Waals surface area contributed by atoms with E-state index in [1.807, 2.05) is 0 Å². The molecule has 0 saturated carbocycles. The lowest BCUT2D eigenvalue weighted by Crippen LogP contribution is -2.38. The van der Waals surface area contributed by atoms with Crippen LogP contribution in [-0.2, 0) is 9.53 Å². The van der Waals surface area contributed by atoms with Crippen LogP contribution in [0.15, 0.2) is 24.3 Å². The summed E-state index contributed by atoms with van der Waals surface area (Å²) in [4.78, 5) is 11.3. The highest BCUT2D eigenvalue weighted by molar-refractivity contribution is 5.76. The van der Waals surface area contributed by atoms with Gasteiger partial charge in [0.2, 0.25) is 0 Å². The van der Waals surface area contributed by atoms with E-state index < -0.39 is 18.1 Å². The van der Waals surface area contributed by atoms with Crippen molar-refractivity contribution in [1.82, 2.24) is 0 Å². The van der Waals surface area contributed by atoms with Crippen LogP contribution < -0.4 is 10.5 Å². The first-order valence-corrected chi connectivity index (χ1v) is 5.34. The van der Waals surface area contributed by atoms with Crippen LogP contribution in [0, 0.1) is 0 Å². The van der Waals surface area contributed by atoms with Gasteiger partial charge in [-0.25, -0.2) is 0 Å². The fraction of sp³-hybridized carbons (Fsp3) is 0.417. The van der Waals surface area contributed by atoms with Gasteiger partial charge in [0, 0.05) is 0 Å². The number of ether oxygens (including phenoxy) is 2. The molecule has 1 aromatic carbocycles. The van der Waals surface area contributed by atoms with Crippen molar-refractivity contribution >= 4 is 5.97 Å². The van der Waals surface area contributed by atoms with Crippen molar-refractivity contribution in [1.29, 1.82) is 0 Å². The maximum atomic E-state index is 11.3. The van der Waals surface area contributed by atoms with Gasteiger partial charge in [-0.15, -0.1) is 0 Å². The number of methoxy groups -OCH3 is 1. The van der Waals surface area contributed by atoms with Crippen LogP contribution in [0.4, 0.5) is 0 Å². The molecular formula is C12H17NO4. The van der Waals surface area contributed by atoms with E-state index in [2.05, 4.69) is 0 Å². The second-order valence-corrected chi connectivity index (χ2v) is 3.50.